The van der Waals surface area contributed by atoms with Gasteiger partial charge in [0.2, 0.25) is 5.91 Å². The highest BCUT2D eigenvalue weighted by molar-refractivity contribution is 5.94. The number of urea groups is 1. The molecule has 0 saturated heterocycles. The van der Waals surface area contributed by atoms with E-state index >= 15 is 0 Å². The number of carbonyl (C=O) groups is 2. The van der Waals surface area contributed by atoms with Crippen molar-refractivity contribution in [2.75, 3.05) is 17.2 Å². The highest BCUT2D eigenvalue weighted by Crippen LogP contribution is 2.17. The Balaban J connectivity index is 1.82. The number of hydrogen-bond acceptors (Lipinski definition) is 3. The van der Waals surface area contributed by atoms with Crippen LogP contribution < -0.4 is 21.7 Å². The summed E-state index contributed by atoms with van der Waals surface area (Å²) in [4.78, 5) is 22.6. The van der Waals surface area contributed by atoms with Gasteiger partial charge in [0.15, 0.2) is 0 Å². The van der Waals surface area contributed by atoms with Gasteiger partial charge in [-0.2, -0.15) is 0 Å². The minimum Gasteiger partial charge on any atom is -0.351 e. The number of primary amides is 1. The fourth-order valence-electron chi connectivity index (χ4n) is 2.39. The number of amides is 3. The monoisotopic (exact) mass is 276 g/mol. The van der Waals surface area contributed by atoms with E-state index in [2.05, 4.69) is 16.0 Å². The molecule has 3 amide bonds. The van der Waals surface area contributed by atoms with E-state index in [4.69, 9.17) is 5.73 Å². The van der Waals surface area contributed by atoms with Crippen LogP contribution in [-0.4, -0.2) is 24.5 Å². The molecule has 1 aliphatic rings. The molecule has 0 spiro atoms. The Morgan fingerprint density at radius 1 is 1.15 bits per heavy atom. The molecule has 108 valence electrons. The largest absolute Gasteiger partial charge is 0.351 e. The van der Waals surface area contributed by atoms with Gasteiger partial charge in [-0.15, -0.1) is 0 Å². The molecule has 0 radical (unpaired) electrons. The van der Waals surface area contributed by atoms with E-state index in [0.717, 1.165) is 12.8 Å². The van der Waals surface area contributed by atoms with Crippen molar-refractivity contribution in [1.29, 1.82) is 0 Å². The van der Waals surface area contributed by atoms with Gasteiger partial charge in [-0.05, 0) is 31.0 Å². The Morgan fingerprint density at radius 2 is 1.80 bits per heavy atom. The molecule has 0 bridgehead atoms. The first-order valence-electron chi connectivity index (χ1n) is 6.83. The van der Waals surface area contributed by atoms with Gasteiger partial charge in [0, 0.05) is 17.4 Å². The third kappa shape index (κ3) is 4.55. The first-order valence-corrected chi connectivity index (χ1v) is 6.83. The average Bonchev–Trinajstić information content (AvgIpc) is 2.89. The molecule has 1 fully saturated rings. The van der Waals surface area contributed by atoms with Crippen molar-refractivity contribution in [3.8, 4) is 0 Å². The first kappa shape index (κ1) is 14.3. The molecule has 0 aromatic heterocycles. The van der Waals surface area contributed by atoms with Crippen molar-refractivity contribution in [2.24, 2.45) is 5.73 Å². The molecule has 6 heteroatoms. The van der Waals surface area contributed by atoms with Crippen LogP contribution in [0, 0.1) is 0 Å². The van der Waals surface area contributed by atoms with E-state index in [1.165, 1.54) is 12.8 Å². The molecule has 6 nitrogen and oxygen atoms in total. The summed E-state index contributed by atoms with van der Waals surface area (Å²) in [6.07, 6.45) is 4.76. The minimum atomic E-state index is -0.628. The van der Waals surface area contributed by atoms with Crippen molar-refractivity contribution < 1.29 is 9.59 Å². The summed E-state index contributed by atoms with van der Waals surface area (Å²) >= 11 is 0. The number of benzene rings is 1. The highest BCUT2D eigenvalue weighted by Gasteiger charge is 2.15. The standard InChI is InChI=1S/C14H20N4O2/c15-14(20)18-12-7-3-6-11(8-12)17-13(19)9-16-10-4-1-2-5-10/h3,6-8,10,16H,1-2,4-5,9H2,(H,17,19)(H3,15,18,20). The Labute approximate surface area is 118 Å². The minimum absolute atomic E-state index is 0.0897. The fraction of sp³-hybridized carbons (Fsp3) is 0.429. The van der Waals surface area contributed by atoms with Crippen molar-refractivity contribution in [1.82, 2.24) is 5.32 Å². The topological polar surface area (TPSA) is 96.2 Å². The predicted molar refractivity (Wildman–Crippen MR) is 78.5 cm³/mol. The van der Waals surface area contributed by atoms with Crippen LogP contribution >= 0.6 is 0 Å². The number of nitrogens with two attached hydrogens (primary N) is 1. The molecule has 0 aliphatic heterocycles. The maximum Gasteiger partial charge on any atom is 0.316 e. The summed E-state index contributed by atoms with van der Waals surface area (Å²) in [5, 5.41) is 8.50. The van der Waals surface area contributed by atoms with Crippen LogP contribution in [0.25, 0.3) is 0 Å². The van der Waals surface area contributed by atoms with Crippen molar-refractivity contribution in [2.45, 2.75) is 31.7 Å². The lowest BCUT2D eigenvalue weighted by Crippen LogP contribution is -2.34. The van der Waals surface area contributed by atoms with Crippen molar-refractivity contribution >= 4 is 23.3 Å². The van der Waals surface area contributed by atoms with Gasteiger partial charge in [-0.25, -0.2) is 4.79 Å². The second kappa shape index (κ2) is 6.91. The second-order valence-electron chi connectivity index (χ2n) is 4.98. The van der Waals surface area contributed by atoms with E-state index in [0.29, 0.717) is 24.0 Å². The number of rotatable bonds is 5. The van der Waals surface area contributed by atoms with Crippen LogP contribution in [0.5, 0.6) is 0 Å². The zero-order valence-corrected chi connectivity index (χ0v) is 11.3. The summed E-state index contributed by atoms with van der Waals surface area (Å²) in [6.45, 7) is 0.304. The van der Waals surface area contributed by atoms with Gasteiger partial charge in [0.25, 0.3) is 0 Å². The van der Waals surface area contributed by atoms with Crippen molar-refractivity contribution in [3.63, 3.8) is 0 Å². The smallest absolute Gasteiger partial charge is 0.316 e. The van der Waals surface area contributed by atoms with E-state index < -0.39 is 6.03 Å². The van der Waals surface area contributed by atoms with Crippen LogP contribution in [0.4, 0.5) is 16.2 Å². The van der Waals surface area contributed by atoms with Gasteiger partial charge >= 0.3 is 6.03 Å². The van der Waals surface area contributed by atoms with Gasteiger partial charge < -0.3 is 21.7 Å². The molecule has 1 aliphatic carbocycles. The maximum atomic E-state index is 11.8. The zero-order chi connectivity index (χ0) is 14.4. The van der Waals surface area contributed by atoms with Gasteiger partial charge in [-0.3, -0.25) is 4.79 Å². The predicted octanol–water partition coefficient (Wildman–Crippen LogP) is 1.65. The average molecular weight is 276 g/mol. The van der Waals surface area contributed by atoms with E-state index in [1.807, 2.05) is 0 Å². The number of carbonyl (C=O) groups excluding carboxylic acids is 2. The highest BCUT2D eigenvalue weighted by atomic mass is 16.2. The molecular formula is C14H20N4O2. The number of anilines is 2. The Kier molecular flexibility index (Phi) is 4.95. The number of nitrogens with one attached hydrogen (secondary N) is 3. The summed E-state index contributed by atoms with van der Waals surface area (Å²) < 4.78 is 0. The molecule has 0 heterocycles. The molecule has 1 aromatic carbocycles. The summed E-state index contributed by atoms with van der Waals surface area (Å²) in [7, 11) is 0. The van der Waals surface area contributed by atoms with E-state index in [1.54, 1.807) is 24.3 Å². The third-order valence-corrected chi connectivity index (χ3v) is 3.32. The molecule has 1 aromatic rings. The van der Waals surface area contributed by atoms with E-state index in [-0.39, 0.29) is 5.91 Å². The molecule has 0 atom stereocenters. The SMILES string of the molecule is NC(=O)Nc1cccc(NC(=O)CNC2CCCC2)c1. The molecule has 2 rings (SSSR count). The quantitative estimate of drug-likeness (QED) is 0.658. The van der Waals surface area contributed by atoms with Crippen LogP contribution in [0.1, 0.15) is 25.7 Å². The van der Waals surface area contributed by atoms with E-state index in [9.17, 15) is 9.59 Å². The third-order valence-electron chi connectivity index (χ3n) is 3.32. The molecule has 20 heavy (non-hydrogen) atoms. The van der Waals surface area contributed by atoms with Crippen LogP contribution in [0.3, 0.4) is 0 Å². The zero-order valence-electron chi connectivity index (χ0n) is 11.3. The van der Waals surface area contributed by atoms with Crippen LogP contribution in [0.2, 0.25) is 0 Å². The summed E-state index contributed by atoms with van der Waals surface area (Å²) in [6, 6.07) is 6.71. The normalized spacial score (nSPS) is 15.0. The Bertz CT molecular complexity index is 484. The number of hydrogen-bond donors (Lipinski definition) is 4. The molecule has 5 N–H and O–H groups in total. The second-order valence-corrected chi connectivity index (χ2v) is 4.98. The Morgan fingerprint density at radius 3 is 2.45 bits per heavy atom. The summed E-state index contributed by atoms with van der Waals surface area (Å²) in [5.41, 5.74) is 6.23. The molecule has 1 saturated carbocycles. The van der Waals surface area contributed by atoms with Gasteiger partial charge in [0.1, 0.15) is 0 Å². The first-order chi connectivity index (χ1) is 9.63. The molecular weight excluding hydrogens is 256 g/mol. The van der Waals surface area contributed by atoms with Crippen LogP contribution in [0.15, 0.2) is 24.3 Å². The van der Waals surface area contributed by atoms with Gasteiger partial charge in [-0.1, -0.05) is 18.9 Å². The van der Waals surface area contributed by atoms with Gasteiger partial charge in [0.05, 0.1) is 6.54 Å². The Hall–Kier alpha value is -2.08. The summed E-state index contributed by atoms with van der Waals surface area (Å²) in [5.74, 6) is -0.0897. The maximum absolute atomic E-state index is 11.8. The fourth-order valence-corrected chi connectivity index (χ4v) is 2.39. The van der Waals surface area contributed by atoms with Crippen molar-refractivity contribution in [3.05, 3.63) is 24.3 Å². The lowest BCUT2D eigenvalue weighted by atomic mass is 10.2. The lowest BCUT2D eigenvalue weighted by molar-refractivity contribution is -0.115. The molecule has 0 unspecified atom stereocenters. The lowest BCUT2D eigenvalue weighted by Gasteiger charge is -2.12. The van der Waals surface area contributed by atoms with Crippen LogP contribution in [-0.2, 0) is 4.79 Å².